The Morgan fingerprint density at radius 1 is 1.23 bits per heavy atom. The van der Waals surface area contributed by atoms with E-state index in [1.165, 1.54) is 12.1 Å². The molecule has 1 amide bonds. The van der Waals surface area contributed by atoms with Crippen LogP contribution in [-0.2, 0) is 6.54 Å². The number of carbonyl (C=O) groups is 1. The highest BCUT2D eigenvalue weighted by Gasteiger charge is 2.13. The zero-order valence-corrected chi connectivity index (χ0v) is 11.9. The van der Waals surface area contributed by atoms with Crippen molar-refractivity contribution in [3.05, 3.63) is 64.4 Å². The highest BCUT2D eigenvalue weighted by Crippen LogP contribution is 2.21. The highest BCUT2D eigenvalue weighted by atomic mass is 35.5. The minimum absolute atomic E-state index is 0.0250. The summed E-state index contributed by atoms with van der Waals surface area (Å²) < 4.78 is 41.9. The van der Waals surface area contributed by atoms with E-state index >= 15 is 0 Å². The van der Waals surface area contributed by atoms with Crippen molar-refractivity contribution in [1.29, 1.82) is 0 Å². The lowest BCUT2D eigenvalue weighted by molar-refractivity contribution is -0.0504. The molecule has 7 heteroatoms. The Morgan fingerprint density at radius 2 is 1.95 bits per heavy atom. The average Bonchev–Trinajstić information content (AvgIpc) is 2.45. The van der Waals surface area contributed by atoms with Gasteiger partial charge >= 0.3 is 6.61 Å². The smallest absolute Gasteiger partial charge is 0.387 e. The quantitative estimate of drug-likeness (QED) is 0.900. The van der Waals surface area contributed by atoms with E-state index in [-0.39, 0.29) is 22.9 Å². The molecule has 0 saturated heterocycles. The van der Waals surface area contributed by atoms with Crippen molar-refractivity contribution in [3.63, 3.8) is 0 Å². The van der Waals surface area contributed by atoms with Gasteiger partial charge in [0.15, 0.2) is 0 Å². The summed E-state index contributed by atoms with van der Waals surface area (Å²) in [6, 6.07) is 9.46. The molecule has 2 aromatic carbocycles. The van der Waals surface area contributed by atoms with Crippen molar-refractivity contribution in [2.24, 2.45) is 0 Å². The summed E-state index contributed by atoms with van der Waals surface area (Å²) in [5.41, 5.74) is 0.477. The van der Waals surface area contributed by atoms with Gasteiger partial charge in [-0.25, -0.2) is 4.39 Å². The fourth-order valence-electron chi connectivity index (χ4n) is 1.81. The Hall–Kier alpha value is -2.21. The number of ether oxygens (including phenoxy) is 1. The molecule has 116 valence electrons. The Morgan fingerprint density at radius 3 is 2.64 bits per heavy atom. The van der Waals surface area contributed by atoms with E-state index in [2.05, 4.69) is 10.1 Å². The fourth-order valence-corrected chi connectivity index (χ4v) is 2.06. The largest absolute Gasteiger partial charge is 0.434 e. The first-order valence-corrected chi connectivity index (χ1v) is 6.61. The first-order chi connectivity index (χ1) is 10.5. The van der Waals surface area contributed by atoms with Crippen LogP contribution in [0.5, 0.6) is 5.75 Å². The van der Waals surface area contributed by atoms with Crippen molar-refractivity contribution in [3.8, 4) is 5.75 Å². The lowest BCUT2D eigenvalue weighted by Crippen LogP contribution is -2.23. The number of amides is 1. The molecule has 0 aliphatic heterocycles. The van der Waals surface area contributed by atoms with E-state index in [9.17, 15) is 18.0 Å². The van der Waals surface area contributed by atoms with Crippen LogP contribution in [0.25, 0.3) is 0 Å². The predicted molar refractivity (Wildman–Crippen MR) is 75.7 cm³/mol. The molecule has 2 rings (SSSR count). The van der Waals surface area contributed by atoms with Gasteiger partial charge in [0.2, 0.25) is 0 Å². The molecule has 0 aliphatic rings. The van der Waals surface area contributed by atoms with Crippen LogP contribution in [0.2, 0.25) is 5.02 Å². The summed E-state index contributed by atoms with van der Waals surface area (Å²) in [6.07, 6.45) is 0. The SMILES string of the molecule is O=C(NCc1ccccc1OC(F)F)c1ccc(F)cc1Cl. The number of alkyl halides is 2. The minimum Gasteiger partial charge on any atom is -0.434 e. The number of para-hydroxylation sites is 1. The third kappa shape index (κ3) is 4.14. The second-order valence-electron chi connectivity index (χ2n) is 4.29. The van der Waals surface area contributed by atoms with Gasteiger partial charge in [0.1, 0.15) is 11.6 Å². The molecule has 0 aromatic heterocycles. The zero-order chi connectivity index (χ0) is 16.1. The molecule has 0 atom stereocenters. The second-order valence-corrected chi connectivity index (χ2v) is 4.70. The molecular formula is C15H11ClF3NO2. The van der Waals surface area contributed by atoms with Gasteiger partial charge in [-0.3, -0.25) is 4.79 Å². The second kappa shape index (κ2) is 7.17. The number of rotatable bonds is 5. The van der Waals surface area contributed by atoms with Gasteiger partial charge in [-0.15, -0.1) is 0 Å². The minimum atomic E-state index is -2.96. The van der Waals surface area contributed by atoms with E-state index in [0.29, 0.717) is 5.56 Å². The van der Waals surface area contributed by atoms with Crippen molar-refractivity contribution in [1.82, 2.24) is 5.32 Å². The van der Waals surface area contributed by atoms with Crippen LogP contribution in [0.15, 0.2) is 42.5 Å². The van der Waals surface area contributed by atoms with E-state index in [4.69, 9.17) is 11.6 Å². The van der Waals surface area contributed by atoms with E-state index in [1.54, 1.807) is 18.2 Å². The summed E-state index contributed by atoms with van der Waals surface area (Å²) in [5, 5.41) is 2.49. The molecule has 3 nitrogen and oxygen atoms in total. The Labute approximate surface area is 129 Å². The monoisotopic (exact) mass is 329 g/mol. The van der Waals surface area contributed by atoms with Crippen LogP contribution in [0, 0.1) is 5.82 Å². The van der Waals surface area contributed by atoms with Crippen LogP contribution in [0.4, 0.5) is 13.2 Å². The van der Waals surface area contributed by atoms with Crippen LogP contribution in [-0.4, -0.2) is 12.5 Å². The fraction of sp³-hybridized carbons (Fsp3) is 0.133. The molecule has 0 unspecified atom stereocenters. The molecule has 0 fully saturated rings. The Bertz CT molecular complexity index is 680. The summed E-state index contributed by atoms with van der Waals surface area (Å²) >= 11 is 5.78. The molecule has 2 aromatic rings. The molecule has 0 bridgehead atoms. The predicted octanol–water partition coefficient (Wildman–Crippen LogP) is 4.01. The standard InChI is InChI=1S/C15H11ClF3NO2/c16-12-7-10(17)5-6-11(12)14(21)20-8-9-3-1-2-4-13(9)22-15(18)19/h1-7,15H,8H2,(H,20,21). The number of hydrogen-bond donors (Lipinski definition) is 1. The summed E-state index contributed by atoms with van der Waals surface area (Å²) in [6.45, 7) is -2.99. The third-order valence-corrected chi connectivity index (χ3v) is 3.12. The van der Waals surface area contributed by atoms with Gasteiger partial charge in [-0.2, -0.15) is 8.78 Å². The normalized spacial score (nSPS) is 10.6. The highest BCUT2D eigenvalue weighted by molar-refractivity contribution is 6.33. The van der Waals surface area contributed by atoms with Crippen molar-refractivity contribution in [2.75, 3.05) is 0 Å². The van der Waals surface area contributed by atoms with E-state index in [1.807, 2.05) is 0 Å². The van der Waals surface area contributed by atoms with Crippen LogP contribution >= 0.6 is 11.6 Å². The topological polar surface area (TPSA) is 38.3 Å². The Kier molecular flexibility index (Phi) is 5.27. The van der Waals surface area contributed by atoms with Crippen LogP contribution in [0.3, 0.4) is 0 Å². The maximum absolute atomic E-state index is 12.9. The van der Waals surface area contributed by atoms with E-state index in [0.717, 1.165) is 12.1 Å². The number of halogens is 4. The molecular weight excluding hydrogens is 319 g/mol. The van der Waals surface area contributed by atoms with E-state index < -0.39 is 18.3 Å². The van der Waals surface area contributed by atoms with Gasteiger partial charge in [0, 0.05) is 12.1 Å². The van der Waals surface area contributed by atoms with Crippen molar-refractivity contribution < 1.29 is 22.7 Å². The zero-order valence-electron chi connectivity index (χ0n) is 11.2. The average molecular weight is 330 g/mol. The third-order valence-electron chi connectivity index (χ3n) is 2.80. The molecule has 0 heterocycles. The molecule has 0 aliphatic carbocycles. The summed E-state index contributed by atoms with van der Waals surface area (Å²) in [4.78, 5) is 12.0. The lowest BCUT2D eigenvalue weighted by atomic mass is 10.1. The maximum Gasteiger partial charge on any atom is 0.387 e. The summed E-state index contributed by atoms with van der Waals surface area (Å²) in [5.74, 6) is -1.13. The number of hydrogen-bond acceptors (Lipinski definition) is 2. The number of carbonyl (C=O) groups excluding carboxylic acids is 1. The molecule has 0 radical (unpaired) electrons. The van der Waals surface area contributed by atoms with Crippen LogP contribution in [0.1, 0.15) is 15.9 Å². The van der Waals surface area contributed by atoms with Gasteiger partial charge in [-0.05, 0) is 24.3 Å². The van der Waals surface area contributed by atoms with Gasteiger partial charge in [-0.1, -0.05) is 29.8 Å². The first-order valence-electron chi connectivity index (χ1n) is 6.23. The van der Waals surface area contributed by atoms with Crippen molar-refractivity contribution >= 4 is 17.5 Å². The molecule has 1 N–H and O–H groups in total. The number of benzene rings is 2. The van der Waals surface area contributed by atoms with Gasteiger partial charge in [0.05, 0.1) is 10.6 Å². The van der Waals surface area contributed by atoms with Gasteiger partial charge in [0.25, 0.3) is 5.91 Å². The summed E-state index contributed by atoms with van der Waals surface area (Å²) in [7, 11) is 0. The molecule has 0 spiro atoms. The number of nitrogens with one attached hydrogen (secondary N) is 1. The Balaban J connectivity index is 2.08. The van der Waals surface area contributed by atoms with Gasteiger partial charge < -0.3 is 10.1 Å². The first kappa shape index (κ1) is 16.2. The van der Waals surface area contributed by atoms with Crippen molar-refractivity contribution in [2.45, 2.75) is 13.2 Å². The molecule has 0 saturated carbocycles. The van der Waals surface area contributed by atoms with Crippen LogP contribution < -0.4 is 10.1 Å². The molecule has 22 heavy (non-hydrogen) atoms. The maximum atomic E-state index is 12.9. The lowest BCUT2D eigenvalue weighted by Gasteiger charge is -2.11.